The Morgan fingerprint density at radius 1 is 1.44 bits per heavy atom. The summed E-state index contributed by atoms with van der Waals surface area (Å²) in [5.74, 6) is 0.00356. The lowest BCUT2D eigenvalue weighted by Crippen LogP contribution is -2.50. The highest BCUT2D eigenvalue weighted by atomic mass is 16.5. The molecule has 0 spiro atoms. The van der Waals surface area contributed by atoms with Gasteiger partial charge in [0.15, 0.2) is 0 Å². The van der Waals surface area contributed by atoms with E-state index in [4.69, 9.17) is 4.74 Å². The molecule has 0 aromatic carbocycles. The van der Waals surface area contributed by atoms with Crippen LogP contribution in [0.4, 0.5) is 0 Å². The van der Waals surface area contributed by atoms with Gasteiger partial charge in [-0.15, -0.1) is 0 Å². The third-order valence-electron chi connectivity index (χ3n) is 3.51. The summed E-state index contributed by atoms with van der Waals surface area (Å²) in [5, 5.41) is 9.48. The monoisotopic (exact) mass is 252 g/mol. The molecule has 1 amide bonds. The van der Waals surface area contributed by atoms with Crippen LogP contribution >= 0.6 is 0 Å². The molecule has 102 valence electrons. The SMILES string of the molecule is CCCC(C#N)(CCC)C(=O)N1CCOC(C)C1. The Hall–Kier alpha value is -1.08. The van der Waals surface area contributed by atoms with Crippen molar-refractivity contribution in [1.82, 2.24) is 4.90 Å². The molecule has 18 heavy (non-hydrogen) atoms. The van der Waals surface area contributed by atoms with Crippen molar-refractivity contribution >= 4 is 5.91 Å². The summed E-state index contributed by atoms with van der Waals surface area (Å²) in [6.07, 6.45) is 3.10. The zero-order valence-electron chi connectivity index (χ0n) is 11.7. The van der Waals surface area contributed by atoms with E-state index in [1.54, 1.807) is 0 Å². The molecule has 0 aromatic rings. The number of carbonyl (C=O) groups excluding carboxylic acids is 1. The second kappa shape index (κ2) is 6.75. The largest absolute Gasteiger partial charge is 0.375 e. The maximum Gasteiger partial charge on any atom is 0.243 e. The van der Waals surface area contributed by atoms with E-state index in [1.165, 1.54) is 0 Å². The van der Waals surface area contributed by atoms with Crippen LogP contribution in [-0.4, -0.2) is 36.6 Å². The maximum absolute atomic E-state index is 12.6. The molecular formula is C14H24N2O2. The Bertz CT molecular complexity index is 316. The molecule has 0 bridgehead atoms. The minimum atomic E-state index is -0.819. The normalized spacial score (nSPS) is 20.6. The van der Waals surface area contributed by atoms with Gasteiger partial charge in [0.25, 0.3) is 0 Å². The lowest BCUT2D eigenvalue weighted by Gasteiger charge is -2.36. The first-order chi connectivity index (χ1) is 8.59. The van der Waals surface area contributed by atoms with E-state index in [0.29, 0.717) is 32.5 Å². The zero-order chi connectivity index (χ0) is 13.6. The number of hydrogen-bond acceptors (Lipinski definition) is 3. The van der Waals surface area contributed by atoms with Crippen molar-refractivity contribution in [3.63, 3.8) is 0 Å². The molecule has 0 radical (unpaired) electrons. The Balaban J connectivity index is 2.84. The van der Waals surface area contributed by atoms with Crippen molar-refractivity contribution in [3.05, 3.63) is 0 Å². The fraction of sp³-hybridized carbons (Fsp3) is 0.857. The van der Waals surface area contributed by atoms with Crippen LogP contribution < -0.4 is 0 Å². The van der Waals surface area contributed by atoms with Crippen molar-refractivity contribution in [2.45, 2.75) is 52.6 Å². The van der Waals surface area contributed by atoms with Crippen LogP contribution in [0, 0.1) is 16.7 Å². The topological polar surface area (TPSA) is 53.3 Å². The van der Waals surface area contributed by atoms with Crippen LogP contribution in [0.15, 0.2) is 0 Å². The summed E-state index contributed by atoms with van der Waals surface area (Å²) in [6.45, 7) is 7.81. The van der Waals surface area contributed by atoms with Crippen LogP contribution in [0.1, 0.15) is 46.5 Å². The highest BCUT2D eigenvalue weighted by Gasteiger charge is 2.41. The van der Waals surface area contributed by atoms with Gasteiger partial charge in [0, 0.05) is 13.1 Å². The number of morpholine rings is 1. The summed E-state index contributed by atoms with van der Waals surface area (Å²) in [5.41, 5.74) is -0.819. The van der Waals surface area contributed by atoms with E-state index in [-0.39, 0.29) is 12.0 Å². The molecule has 1 aliphatic heterocycles. The smallest absolute Gasteiger partial charge is 0.243 e. The molecule has 1 atom stereocenters. The van der Waals surface area contributed by atoms with Crippen molar-refractivity contribution in [3.8, 4) is 6.07 Å². The number of carbonyl (C=O) groups is 1. The van der Waals surface area contributed by atoms with Crippen molar-refractivity contribution in [2.24, 2.45) is 5.41 Å². The fourth-order valence-corrected chi connectivity index (χ4v) is 2.66. The lowest BCUT2D eigenvalue weighted by molar-refractivity contribution is -0.146. The summed E-state index contributed by atoms with van der Waals surface area (Å²) in [4.78, 5) is 14.4. The maximum atomic E-state index is 12.6. The minimum absolute atomic E-state index is 0.00356. The number of amides is 1. The fourth-order valence-electron chi connectivity index (χ4n) is 2.66. The molecule has 0 aliphatic carbocycles. The average molecular weight is 252 g/mol. The first-order valence-corrected chi connectivity index (χ1v) is 6.92. The number of rotatable bonds is 5. The first kappa shape index (κ1) is 15.0. The third-order valence-corrected chi connectivity index (χ3v) is 3.51. The van der Waals surface area contributed by atoms with Crippen LogP contribution in [0.2, 0.25) is 0 Å². The van der Waals surface area contributed by atoms with Crippen LogP contribution in [-0.2, 0) is 9.53 Å². The lowest BCUT2D eigenvalue weighted by atomic mass is 9.79. The van der Waals surface area contributed by atoms with E-state index in [1.807, 2.05) is 25.7 Å². The molecule has 1 unspecified atom stereocenters. The number of nitrogens with zero attached hydrogens (tertiary/aromatic N) is 2. The molecule has 0 aromatic heterocycles. The molecule has 4 heteroatoms. The van der Waals surface area contributed by atoms with Gasteiger partial charge in [0.1, 0.15) is 5.41 Å². The predicted octanol–water partition coefficient (Wildman–Crippen LogP) is 2.34. The molecule has 4 nitrogen and oxygen atoms in total. The predicted molar refractivity (Wildman–Crippen MR) is 69.9 cm³/mol. The number of hydrogen-bond donors (Lipinski definition) is 0. The van der Waals surface area contributed by atoms with E-state index in [0.717, 1.165) is 12.8 Å². The minimum Gasteiger partial charge on any atom is -0.375 e. The molecule has 0 N–H and O–H groups in total. The van der Waals surface area contributed by atoms with E-state index >= 15 is 0 Å². The van der Waals surface area contributed by atoms with Crippen LogP contribution in [0.25, 0.3) is 0 Å². The van der Waals surface area contributed by atoms with Crippen LogP contribution in [0.3, 0.4) is 0 Å². The second-order valence-corrected chi connectivity index (χ2v) is 5.13. The second-order valence-electron chi connectivity index (χ2n) is 5.13. The molecule has 1 aliphatic rings. The number of nitriles is 1. The van der Waals surface area contributed by atoms with Crippen LogP contribution in [0.5, 0.6) is 0 Å². The number of ether oxygens (including phenoxy) is 1. The standard InChI is InChI=1S/C14H24N2O2/c1-4-6-14(11-15,7-5-2)13(17)16-8-9-18-12(3)10-16/h12H,4-10H2,1-3H3. The van der Waals surface area contributed by atoms with E-state index < -0.39 is 5.41 Å². The molecule has 1 rings (SSSR count). The van der Waals surface area contributed by atoms with Crippen molar-refractivity contribution in [1.29, 1.82) is 5.26 Å². The average Bonchev–Trinajstić information content (AvgIpc) is 2.37. The highest BCUT2D eigenvalue weighted by Crippen LogP contribution is 2.32. The first-order valence-electron chi connectivity index (χ1n) is 6.92. The Morgan fingerprint density at radius 2 is 2.06 bits per heavy atom. The van der Waals surface area contributed by atoms with E-state index in [9.17, 15) is 10.1 Å². The van der Waals surface area contributed by atoms with Gasteiger partial charge in [-0.25, -0.2) is 0 Å². The van der Waals surface area contributed by atoms with Crippen molar-refractivity contribution in [2.75, 3.05) is 19.7 Å². The molecule has 1 fully saturated rings. The van der Waals surface area contributed by atoms with Gasteiger partial charge in [-0.1, -0.05) is 26.7 Å². The Labute approximate surface area is 110 Å². The molecule has 0 saturated carbocycles. The van der Waals surface area contributed by atoms with E-state index in [2.05, 4.69) is 6.07 Å². The van der Waals surface area contributed by atoms with Gasteiger partial charge >= 0.3 is 0 Å². The summed E-state index contributed by atoms with van der Waals surface area (Å²) in [7, 11) is 0. The summed E-state index contributed by atoms with van der Waals surface area (Å²) in [6, 6.07) is 2.30. The van der Waals surface area contributed by atoms with Gasteiger partial charge in [0.2, 0.25) is 5.91 Å². The molecular weight excluding hydrogens is 228 g/mol. The third kappa shape index (κ3) is 3.23. The highest BCUT2D eigenvalue weighted by molar-refractivity contribution is 5.85. The van der Waals surface area contributed by atoms with Gasteiger partial charge < -0.3 is 9.64 Å². The van der Waals surface area contributed by atoms with Gasteiger partial charge in [-0.3, -0.25) is 4.79 Å². The van der Waals surface area contributed by atoms with Gasteiger partial charge in [-0.05, 0) is 19.8 Å². The van der Waals surface area contributed by atoms with Gasteiger partial charge in [-0.2, -0.15) is 5.26 Å². The summed E-state index contributed by atoms with van der Waals surface area (Å²) < 4.78 is 5.45. The Kier molecular flexibility index (Phi) is 5.61. The summed E-state index contributed by atoms with van der Waals surface area (Å²) >= 11 is 0. The quantitative estimate of drug-likeness (QED) is 0.754. The Morgan fingerprint density at radius 3 is 2.50 bits per heavy atom. The molecule has 1 heterocycles. The molecule has 1 saturated heterocycles. The van der Waals surface area contributed by atoms with Crippen molar-refractivity contribution < 1.29 is 9.53 Å². The zero-order valence-corrected chi connectivity index (χ0v) is 11.7. The van der Waals surface area contributed by atoms with Gasteiger partial charge in [0.05, 0.1) is 18.8 Å².